The molecule has 0 saturated heterocycles. The second-order valence-electron chi connectivity index (χ2n) is 11.2. The van der Waals surface area contributed by atoms with Gasteiger partial charge in [-0.1, -0.05) is 75.6 Å². The van der Waals surface area contributed by atoms with Gasteiger partial charge in [0.05, 0.1) is 5.69 Å². The fourth-order valence-electron chi connectivity index (χ4n) is 7.10. The lowest BCUT2D eigenvalue weighted by Crippen LogP contribution is -2.09. The van der Waals surface area contributed by atoms with Crippen LogP contribution in [0.1, 0.15) is 124 Å². The summed E-state index contributed by atoms with van der Waals surface area (Å²) in [6.07, 6.45) is 21.4. The summed E-state index contributed by atoms with van der Waals surface area (Å²) >= 11 is 0. The van der Waals surface area contributed by atoms with E-state index in [1.165, 1.54) is 117 Å². The molecule has 3 aromatic rings. The molecular formula is C32H39N. The van der Waals surface area contributed by atoms with Crippen molar-refractivity contribution in [2.45, 2.75) is 108 Å². The number of aromatic nitrogens is 1. The molecule has 3 aliphatic rings. The van der Waals surface area contributed by atoms with E-state index in [1.807, 2.05) is 6.20 Å². The fourth-order valence-corrected chi connectivity index (χ4v) is 7.10. The van der Waals surface area contributed by atoms with Crippen molar-refractivity contribution in [3.05, 3.63) is 65.4 Å². The van der Waals surface area contributed by atoms with Crippen LogP contribution in [-0.2, 0) is 0 Å². The standard InChI is InChI=1S/C32H39N/c1-3-9-24(10-4-1)28-20-29(25-11-5-2-6-12-25)22-30(21-28)32-31-16-15-26(23-13-7-8-14-23)19-27(31)17-18-33-32/h15-25H,1-14H2. The first-order valence-corrected chi connectivity index (χ1v) is 13.9. The van der Waals surface area contributed by atoms with Gasteiger partial charge in [-0.05, 0) is 96.6 Å². The molecule has 1 heteroatoms. The highest BCUT2D eigenvalue weighted by Gasteiger charge is 2.22. The van der Waals surface area contributed by atoms with Crippen molar-refractivity contribution in [1.29, 1.82) is 0 Å². The van der Waals surface area contributed by atoms with Crippen molar-refractivity contribution in [1.82, 2.24) is 4.98 Å². The molecule has 0 radical (unpaired) electrons. The Morgan fingerprint density at radius 2 is 1.06 bits per heavy atom. The molecular weight excluding hydrogens is 398 g/mol. The second-order valence-corrected chi connectivity index (χ2v) is 11.2. The van der Waals surface area contributed by atoms with E-state index >= 15 is 0 Å². The Morgan fingerprint density at radius 1 is 0.515 bits per heavy atom. The maximum absolute atomic E-state index is 4.98. The highest BCUT2D eigenvalue weighted by Crippen LogP contribution is 2.41. The third-order valence-electron chi connectivity index (χ3n) is 9.02. The predicted molar refractivity (Wildman–Crippen MR) is 140 cm³/mol. The van der Waals surface area contributed by atoms with Crippen molar-refractivity contribution in [2.24, 2.45) is 0 Å². The van der Waals surface area contributed by atoms with E-state index in [9.17, 15) is 0 Å². The Hall–Kier alpha value is -2.15. The van der Waals surface area contributed by atoms with Gasteiger partial charge in [-0.25, -0.2) is 0 Å². The Kier molecular flexibility index (Phi) is 6.23. The van der Waals surface area contributed by atoms with E-state index in [0.29, 0.717) is 0 Å². The Morgan fingerprint density at radius 3 is 1.67 bits per heavy atom. The summed E-state index contributed by atoms with van der Waals surface area (Å²) in [4.78, 5) is 4.98. The molecule has 3 fully saturated rings. The van der Waals surface area contributed by atoms with Gasteiger partial charge in [-0.2, -0.15) is 0 Å². The van der Waals surface area contributed by atoms with Crippen molar-refractivity contribution < 1.29 is 0 Å². The highest BCUT2D eigenvalue weighted by molar-refractivity contribution is 5.95. The zero-order chi connectivity index (χ0) is 22.0. The average molecular weight is 438 g/mol. The lowest BCUT2D eigenvalue weighted by Gasteiger charge is -2.27. The van der Waals surface area contributed by atoms with Crippen molar-refractivity contribution >= 4 is 10.8 Å². The van der Waals surface area contributed by atoms with Gasteiger partial charge in [0.1, 0.15) is 0 Å². The number of rotatable bonds is 4. The molecule has 0 unspecified atom stereocenters. The Bertz CT molecular complexity index is 1060. The molecule has 0 amide bonds. The smallest absolute Gasteiger partial charge is 0.0780 e. The maximum atomic E-state index is 4.98. The van der Waals surface area contributed by atoms with Crippen LogP contribution in [0.3, 0.4) is 0 Å². The largest absolute Gasteiger partial charge is 0.256 e. The molecule has 0 spiro atoms. The van der Waals surface area contributed by atoms with E-state index in [4.69, 9.17) is 4.98 Å². The number of pyridine rings is 1. The minimum atomic E-state index is 0.741. The van der Waals surface area contributed by atoms with Gasteiger partial charge < -0.3 is 0 Å². The van der Waals surface area contributed by atoms with Crippen LogP contribution < -0.4 is 0 Å². The topological polar surface area (TPSA) is 12.9 Å². The van der Waals surface area contributed by atoms with Crippen LogP contribution in [0, 0.1) is 0 Å². The number of nitrogens with zero attached hydrogens (tertiary/aromatic N) is 1. The minimum absolute atomic E-state index is 0.741. The molecule has 0 aliphatic heterocycles. The predicted octanol–water partition coefficient (Wildman–Crippen LogP) is 9.65. The minimum Gasteiger partial charge on any atom is -0.256 e. The van der Waals surface area contributed by atoms with E-state index in [0.717, 1.165) is 17.8 Å². The van der Waals surface area contributed by atoms with E-state index in [1.54, 1.807) is 11.1 Å². The summed E-state index contributed by atoms with van der Waals surface area (Å²) in [5.74, 6) is 2.24. The SMILES string of the molecule is c1cc2cc(C3CCCC3)ccc2c(-c2cc(C3CCCCC3)cc(C3CCCCC3)c2)n1. The van der Waals surface area contributed by atoms with Crippen LogP contribution >= 0.6 is 0 Å². The average Bonchev–Trinajstić information content (AvgIpc) is 3.44. The molecule has 0 bridgehead atoms. The number of hydrogen-bond donors (Lipinski definition) is 0. The third-order valence-corrected chi connectivity index (χ3v) is 9.02. The van der Waals surface area contributed by atoms with Gasteiger partial charge in [0.2, 0.25) is 0 Å². The van der Waals surface area contributed by atoms with E-state index < -0.39 is 0 Å². The summed E-state index contributed by atoms with van der Waals surface area (Å²) in [5.41, 5.74) is 7.28. The molecule has 1 nitrogen and oxygen atoms in total. The highest BCUT2D eigenvalue weighted by atomic mass is 14.7. The molecule has 172 valence electrons. The Balaban J connectivity index is 1.43. The first-order chi connectivity index (χ1) is 16.3. The van der Waals surface area contributed by atoms with Gasteiger partial charge >= 0.3 is 0 Å². The zero-order valence-electron chi connectivity index (χ0n) is 20.2. The lowest BCUT2D eigenvalue weighted by atomic mass is 9.78. The maximum Gasteiger partial charge on any atom is 0.0780 e. The van der Waals surface area contributed by atoms with Crippen molar-refractivity contribution in [2.75, 3.05) is 0 Å². The van der Waals surface area contributed by atoms with Gasteiger partial charge in [0.15, 0.2) is 0 Å². The molecule has 2 aromatic carbocycles. The molecule has 1 heterocycles. The summed E-state index contributed by atoms with van der Waals surface area (Å²) in [5, 5.41) is 2.70. The fraction of sp³-hybridized carbons (Fsp3) is 0.531. The molecule has 1 aromatic heterocycles. The van der Waals surface area contributed by atoms with Gasteiger partial charge in [-0.15, -0.1) is 0 Å². The summed E-state index contributed by atoms with van der Waals surface area (Å²) in [7, 11) is 0. The van der Waals surface area contributed by atoms with Crippen LogP contribution in [0.5, 0.6) is 0 Å². The lowest BCUT2D eigenvalue weighted by molar-refractivity contribution is 0.435. The molecule has 3 aliphatic carbocycles. The van der Waals surface area contributed by atoms with Crippen LogP contribution in [0.2, 0.25) is 0 Å². The first kappa shape index (κ1) is 21.4. The second kappa shape index (κ2) is 9.61. The summed E-state index contributed by atoms with van der Waals surface area (Å²) in [6, 6.07) is 17.1. The third kappa shape index (κ3) is 4.48. The van der Waals surface area contributed by atoms with Crippen LogP contribution in [-0.4, -0.2) is 4.98 Å². The first-order valence-electron chi connectivity index (χ1n) is 13.9. The van der Waals surface area contributed by atoms with E-state index in [-0.39, 0.29) is 0 Å². The normalized spacial score (nSPS) is 21.1. The van der Waals surface area contributed by atoms with Gasteiger partial charge in [-0.3, -0.25) is 4.98 Å². The van der Waals surface area contributed by atoms with Crippen LogP contribution in [0.15, 0.2) is 48.7 Å². The molecule has 0 atom stereocenters. The van der Waals surface area contributed by atoms with Crippen LogP contribution in [0.4, 0.5) is 0 Å². The molecule has 33 heavy (non-hydrogen) atoms. The zero-order valence-corrected chi connectivity index (χ0v) is 20.2. The summed E-state index contributed by atoms with van der Waals surface area (Å²) in [6.45, 7) is 0. The van der Waals surface area contributed by atoms with Crippen molar-refractivity contribution in [3.63, 3.8) is 0 Å². The number of fused-ring (bicyclic) bond motifs is 1. The summed E-state index contributed by atoms with van der Waals surface area (Å²) < 4.78 is 0. The van der Waals surface area contributed by atoms with E-state index in [2.05, 4.69) is 42.5 Å². The molecule has 0 N–H and O–H groups in total. The number of hydrogen-bond acceptors (Lipinski definition) is 1. The Labute approximate surface area is 200 Å². The van der Waals surface area contributed by atoms with Crippen LogP contribution in [0.25, 0.3) is 22.0 Å². The molecule has 3 saturated carbocycles. The van der Waals surface area contributed by atoms with Gasteiger partial charge in [0, 0.05) is 17.1 Å². The molecule has 6 rings (SSSR count). The monoisotopic (exact) mass is 437 g/mol. The van der Waals surface area contributed by atoms with Crippen molar-refractivity contribution in [3.8, 4) is 11.3 Å². The quantitative estimate of drug-likeness (QED) is 0.396. The van der Waals surface area contributed by atoms with Gasteiger partial charge in [0.25, 0.3) is 0 Å². The number of benzene rings is 2.